The molecule has 3 N–H and O–H groups in total. The molecule has 0 heterocycles. The highest BCUT2D eigenvalue weighted by Gasteiger charge is 2.34. The van der Waals surface area contributed by atoms with Gasteiger partial charge in [0.05, 0.1) is 12.5 Å². The molecule has 0 aromatic rings. The normalized spacial score (nSPS) is 29.2. The lowest BCUT2D eigenvalue weighted by Gasteiger charge is -2.38. The zero-order chi connectivity index (χ0) is 13.7. The Morgan fingerprint density at radius 3 is 2.32 bits per heavy atom. The largest absolute Gasteiger partial charge is 0.395 e. The summed E-state index contributed by atoms with van der Waals surface area (Å²) >= 11 is 0. The van der Waals surface area contributed by atoms with Crippen molar-refractivity contribution in [3.05, 3.63) is 0 Å². The highest BCUT2D eigenvalue weighted by atomic mass is 16.3. The highest BCUT2D eigenvalue weighted by molar-refractivity contribution is 5.80. The van der Waals surface area contributed by atoms with Gasteiger partial charge in [-0.3, -0.25) is 4.79 Å². The number of hydrogen-bond donors (Lipinski definition) is 2. The molecule has 2 aliphatic rings. The van der Waals surface area contributed by atoms with E-state index in [0.29, 0.717) is 12.6 Å². The molecule has 110 valence electrons. The van der Waals surface area contributed by atoms with Crippen LogP contribution < -0.4 is 5.73 Å². The van der Waals surface area contributed by atoms with Gasteiger partial charge in [0, 0.05) is 18.6 Å². The van der Waals surface area contributed by atoms with Crippen LogP contribution in [0.4, 0.5) is 0 Å². The molecule has 0 saturated heterocycles. The van der Waals surface area contributed by atoms with Crippen LogP contribution in [0.3, 0.4) is 0 Å². The lowest BCUT2D eigenvalue weighted by molar-refractivity contribution is -0.140. The van der Waals surface area contributed by atoms with Crippen LogP contribution in [0.5, 0.6) is 0 Å². The van der Waals surface area contributed by atoms with Gasteiger partial charge in [-0.15, -0.1) is 0 Å². The Balaban J connectivity index is 2.01. The van der Waals surface area contributed by atoms with Crippen molar-refractivity contribution in [3.8, 4) is 0 Å². The second kappa shape index (κ2) is 7.25. The third-order valence-electron chi connectivity index (χ3n) is 4.78. The fraction of sp³-hybridized carbons (Fsp3) is 0.933. The van der Waals surface area contributed by atoms with Gasteiger partial charge in [0.1, 0.15) is 0 Å². The molecule has 2 fully saturated rings. The summed E-state index contributed by atoms with van der Waals surface area (Å²) < 4.78 is 0. The standard InChI is InChI=1S/C15H28N2O2/c16-14-9-5-4-8-13(14)15(19)17(10-11-18)12-6-2-1-3-7-12/h12-14,18H,1-11,16H2. The van der Waals surface area contributed by atoms with E-state index in [1.54, 1.807) is 0 Å². The molecule has 0 spiro atoms. The zero-order valence-corrected chi connectivity index (χ0v) is 11.9. The van der Waals surface area contributed by atoms with E-state index >= 15 is 0 Å². The van der Waals surface area contributed by atoms with E-state index in [4.69, 9.17) is 5.73 Å². The fourth-order valence-electron chi connectivity index (χ4n) is 3.65. The molecule has 0 aromatic carbocycles. The van der Waals surface area contributed by atoms with Gasteiger partial charge in [-0.1, -0.05) is 32.1 Å². The van der Waals surface area contributed by atoms with Crippen LogP contribution in [-0.4, -0.2) is 41.1 Å². The molecule has 4 nitrogen and oxygen atoms in total. The number of nitrogens with two attached hydrogens (primary N) is 1. The minimum absolute atomic E-state index is 0.0118. The Bertz CT molecular complexity index is 290. The van der Waals surface area contributed by atoms with Crippen molar-refractivity contribution in [2.45, 2.75) is 69.9 Å². The molecule has 1 amide bonds. The van der Waals surface area contributed by atoms with Gasteiger partial charge in [-0.25, -0.2) is 0 Å². The Morgan fingerprint density at radius 1 is 1.05 bits per heavy atom. The molecule has 2 atom stereocenters. The minimum atomic E-state index is -0.0118. The quantitative estimate of drug-likeness (QED) is 0.815. The number of carbonyl (C=O) groups excluding carboxylic acids is 1. The van der Waals surface area contributed by atoms with Crippen LogP contribution >= 0.6 is 0 Å². The average Bonchev–Trinajstić information content (AvgIpc) is 2.45. The van der Waals surface area contributed by atoms with Crippen LogP contribution in [0, 0.1) is 5.92 Å². The maximum atomic E-state index is 12.7. The summed E-state index contributed by atoms with van der Waals surface area (Å²) in [7, 11) is 0. The van der Waals surface area contributed by atoms with E-state index < -0.39 is 0 Å². The lowest BCUT2D eigenvalue weighted by Crippen LogP contribution is -2.50. The molecule has 0 bridgehead atoms. The molecule has 2 saturated carbocycles. The topological polar surface area (TPSA) is 66.6 Å². The first-order chi connectivity index (χ1) is 9.24. The summed E-state index contributed by atoms with van der Waals surface area (Å²) in [5, 5.41) is 9.26. The monoisotopic (exact) mass is 268 g/mol. The van der Waals surface area contributed by atoms with E-state index in [1.807, 2.05) is 4.90 Å². The number of rotatable bonds is 4. The average molecular weight is 268 g/mol. The van der Waals surface area contributed by atoms with Crippen LogP contribution in [0.1, 0.15) is 57.8 Å². The molecule has 2 rings (SSSR count). The summed E-state index contributed by atoms with van der Waals surface area (Å²) in [5.74, 6) is 0.190. The van der Waals surface area contributed by atoms with Gasteiger partial charge in [0.2, 0.25) is 5.91 Å². The molecular formula is C15H28N2O2. The molecular weight excluding hydrogens is 240 g/mol. The van der Waals surface area contributed by atoms with Crippen molar-refractivity contribution in [2.75, 3.05) is 13.2 Å². The predicted molar refractivity (Wildman–Crippen MR) is 75.6 cm³/mol. The Labute approximate surface area is 116 Å². The van der Waals surface area contributed by atoms with Crippen molar-refractivity contribution >= 4 is 5.91 Å². The maximum Gasteiger partial charge on any atom is 0.227 e. The van der Waals surface area contributed by atoms with Gasteiger partial charge in [-0.05, 0) is 25.7 Å². The van der Waals surface area contributed by atoms with Crippen LogP contribution in [-0.2, 0) is 4.79 Å². The molecule has 2 unspecified atom stereocenters. The summed E-state index contributed by atoms with van der Waals surface area (Å²) in [6.07, 6.45) is 10.0. The van der Waals surface area contributed by atoms with Crippen molar-refractivity contribution in [1.82, 2.24) is 4.90 Å². The van der Waals surface area contributed by atoms with E-state index in [9.17, 15) is 9.90 Å². The summed E-state index contributed by atoms with van der Waals surface area (Å²) in [5.41, 5.74) is 6.13. The number of carbonyl (C=O) groups is 1. The number of aliphatic hydroxyl groups is 1. The highest BCUT2D eigenvalue weighted by Crippen LogP contribution is 2.28. The predicted octanol–water partition coefficient (Wildman–Crippen LogP) is 1.66. The van der Waals surface area contributed by atoms with Crippen LogP contribution in [0.15, 0.2) is 0 Å². The van der Waals surface area contributed by atoms with Gasteiger partial charge < -0.3 is 15.7 Å². The SMILES string of the molecule is NC1CCCCC1C(=O)N(CCO)C1CCCCC1. The van der Waals surface area contributed by atoms with Gasteiger partial charge in [0.15, 0.2) is 0 Å². The molecule has 0 radical (unpaired) electrons. The zero-order valence-electron chi connectivity index (χ0n) is 11.9. The first-order valence-electron chi connectivity index (χ1n) is 7.91. The molecule has 0 aromatic heterocycles. The molecule has 0 aliphatic heterocycles. The van der Waals surface area contributed by atoms with Gasteiger partial charge in [-0.2, -0.15) is 0 Å². The Hall–Kier alpha value is -0.610. The minimum Gasteiger partial charge on any atom is -0.395 e. The van der Waals surface area contributed by atoms with E-state index in [0.717, 1.165) is 38.5 Å². The lowest BCUT2D eigenvalue weighted by atomic mass is 9.83. The third kappa shape index (κ3) is 3.69. The van der Waals surface area contributed by atoms with E-state index in [1.165, 1.54) is 19.3 Å². The van der Waals surface area contributed by atoms with Crippen molar-refractivity contribution in [1.29, 1.82) is 0 Å². The number of amides is 1. The summed E-state index contributed by atoms with van der Waals surface area (Å²) in [6.45, 7) is 0.539. The Morgan fingerprint density at radius 2 is 1.68 bits per heavy atom. The first kappa shape index (κ1) is 14.8. The van der Waals surface area contributed by atoms with Crippen molar-refractivity contribution in [3.63, 3.8) is 0 Å². The molecule has 2 aliphatic carbocycles. The summed E-state index contributed by atoms with van der Waals surface area (Å²) in [6, 6.07) is 0.355. The van der Waals surface area contributed by atoms with Crippen LogP contribution in [0.2, 0.25) is 0 Å². The number of hydrogen-bond acceptors (Lipinski definition) is 3. The van der Waals surface area contributed by atoms with E-state index in [-0.39, 0.29) is 24.5 Å². The number of nitrogens with zero attached hydrogens (tertiary/aromatic N) is 1. The summed E-state index contributed by atoms with van der Waals surface area (Å²) in [4.78, 5) is 14.7. The maximum absolute atomic E-state index is 12.7. The fourth-order valence-corrected chi connectivity index (χ4v) is 3.65. The second-order valence-electron chi connectivity index (χ2n) is 6.10. The third-order valence-corrected chi connectivity index (χ3v) is 4.78. The van der Waals surface area contributed by atoms with Crippen molar-refractivity contribution < 1.29 is 9.90 Å². The van der Waals surface area contributed by atoms with Gasteiger partial charge in [0.25, 0.3) is 0 Å². The molecule has 4 heteroatoms. The van der Waals surface area contributed by atoms with Gasteiger partial charge >= 0.3 is 0 Å². The smallest absolute Gasteiger partial charge is 0.227 e. The van der Waals surface area contributed by atoms with Crippen LogP contribution in [0.25, 0.3) is 0 Å². The van der Waals surface area contributed by atoms with Crippen molar-refractivity contribution in [2.24, 2.45) is 11.7 Å². The van der Waals surface area contributed by atoms with E-state index in [2.05, 4.69) is 0 Å². The first-order valence-corrected chi connectivity index (χ1v) is 7.91. The molecule has 19 heavy (non-hydrogen) atoms. The number of aliphatic hydroxyl groups excluding tert-OH is 1. The second-order valence-corrected chi connectivity index (χ2v) is 6.10. The Kier molecular flexibility index (Phi) is 5.64.